The van der Waals surface area contributed by atoms with Gasteiger partial charge in [-0.25, -0.2) is 9.59 Å². The van der Waals surface area contributed by atoms with Crippen LogP contribution in [0.25, 0.3) is 10.8 Å². The van der Waals surface area contributed by atoms with Crippen molar-refractivity contribution in [2.24, 2.45) is 0 Å². The summed E-state index contributed by atoms with van der Waals surface area (Å²) in [5.74, 6) is 1.76. The number of carbonyl (C=O) groups excluding carboxylic acids is 2. The third-order valence-electron chi connectivity index (χ3n) is 12.0. The van der Waals surface area contributed by atoms with Crippen LogP contribution >= 0.6 is 0 Å². The highest BCUT2D eigenvalue weighted by Gasteiger charge is 2.42. The Morgan fingerprint density at radius 2 is 1.28 bits per heavy atom. The Balaban J connectivity index is 1.29. The smallest absolute Gasteiger partial charge is 0.496 e. The second-order valence-corrected chi connectivity index (χ2v) is 17.2. The minimum absolute atomic E-state index is 0.00529. The van der Waals surface area contributed by atoms with Crippen LogP contribution < -0.4 is 14.2 Å². The molecule has 4 atom stereocenters. The van der Waals surface area contributed by atoms with Crippen LogP contribution in [-0.4, -0.2) is 141 Å². The first-order valence-corrected chi connectivity index (χ1v) is 24.7. The first-order valence-electron chi connectivity index (χ1n) is 24.7. The molecule has 1 amide bonds. The topological polar surface area (TPSA) is 226 Å². The number of amides is 1. The minimum Gasteiger partial charge on any atom is -0.496 e. The summed E-state index contributed by atoms with van der Waals surface area (Å²) in [6.45, 7) is 4.36. The Morgan fingerprint density at radius 1 is 0.653 bits per heavy atom. The number of carbonyl (C=O) groups is 2. The van der Waals surface area contributed by atoms with Gasteiger partial charge in [0, 0.05) is 23.3 Å². The summed E-state index contributed by atoms with van der Waals surface area (Å²) in [7, 11) is 3.27. The standard InChI is InChI=1S/C52H73N3O17/c1-4-43(72-52(57)67-28-14-6-8-16-31-71-55(60)61)38-69-49-35-53(51(56)66-27-13-5-7-15-30-70-54(58)59)34-48(68-36-39-32-41-18-9-11-20-45(41)47(33-39)63-3)50(49)40-22-24-44(25-23-40)65-29-17-26-64-37-42-19-10-12-21-46(42)62-2/h9-12,18-25,32-33,43,48-50,58-61H,4-8,13-17,26-31,34-38H2,1-3H3. The molecule has 0 aliphatic carbocycles. The summed E-state index contributed by atoms with van der Waals surface area (Å²) in [6.07, 6.45) is 3.11. The van der Waals surface area contributed by atoms with E-state index >= 15 is 0 Å². The van der Waals surface area contributed by atoms with E-state index in [1.165, 1.54) is 0 Å². The fraction of sp³-hybridized carbons (Fsp3) is 0.538. The quantitative estimate of drug-likeness (QED) is 0.0194. The highest BCUT2D eigenvalue weighted by Crippen LogP contribution is 2.36. The van der Waals surface area contributed by atoms with Crippen molar-refractivity contribution in [2.45, 2.75) is 109 Å². The lowest BCUT2D eigenvalue weighted by atomic mass is 9.84. The van der Waals surface area contributed by atoms with E-state index in [1.807, 2.05) is 85.8 Å². The summed E-state index contributed by atoms with van der Waals surface area (Å²) in [5.41, 5.74) is 2.74. The number of para-hydroxylation sites is 1. The number of methoxy groups -OCH3 is 2. The van der Waals surface area contributed by atoms with Gasteiger partial charge in [-0.3, -0.25) is 30.5 Å². The van der Waals surface area contributed by atoms with E-state index in [9.17, 15) is 9.59 Å². The van der Waals surface area contributed by atoms with Crippen molar-refractivity contribution in [3.63, 3.8) is 0 Å². The molecule has 1 heterocycles. The molecule has 398 valence electrons. The molecule has 0 aromatic heterocycles. The zero-order chi connectivity index (χ0) is 51.3. The van der Waals surface area contributed by atoms with Crippen LogP contribution in [0.3, 0.4) is 0 Å². The van der Waals surface area contributed by atoms with E-state index in [2.05, 4.69) is 15.7 Å². The lowest BCUT2D eigenvalue weighted by Crippen LogP contribution is -2.55. The normalized spacial score (nSPS) is 16.2. The van der Waals surface area contributed by atoms with Gasteiger partial charge in [-0.05, 0) is 91.8 Å². The number of ether oxygens (including phenoxy) is 9. The van der Waals surface area contributed by atoms with Crippen molar-refractivity contribution in [3.8, 4) is 17.2 Å². The summed E-state index contributed by atoms with van der Waals surface area (Å²) >= 11 is 0. The van der Waals surface area contributed by atoms with Crippen molar-refractivity contribution in [3.05, 3.63) is 102 Å². The van der Waals surface area contributed by atoms with E-state index in [1.54, 1.807) is 19.1 Å². The van der Waals surface area contributed by atoms with E-state index in [4.69, 9.17) is 63.5 Å². The number of rotatable bonds is 34. The van der Waals surface area contributed by atoms with Gasteiger partial charge in [0.25, 0.3) is 0 Å². The average Bonchev–Trinajstić information content (AvgIpc) is 3.39. The molecule has 4 N–H and O–H groups in total. The number of benzene rings is 4. The maximum Gasteiger partial charge on any atom is 0.508 e. The molecule has 4 aromatic carbocycles. The van der Waals surface area contributed by atoms with Crippen molar-refractivity contribution in [1.82, 2.24) is 15.7 Å². The number of nitrogens with zero attached hydrogens (tertiary/aromatic N) is 3. The first-order chi connectivity index (χ1) is 35.1. The fourth-order valence-corrected chi connectivity index (χ4v) is 8.25. The van der Waals surface area contributed by atoms with Gasteiger partial charge in [0.15, 0.2) is 0 Å². The van der Waals surface area contributed by atoms with Gasteiger partial charge in [-0.1, -0.05) is 74.4 Å². The van der Waals surface area contributed by atoms with Gasteiger partial charge < -0.3 is 47.5 Å². The molecule has 20 nitrogen and oxygen atoms in total. The number of unbranched alkanes of at least 4 members (excludes halogenated alkanes) is 6. The number of hydrogen-bond acceptors (Lipinski definition) is 19. The SMILES string of the molecule is CCC(COC1CN(C(=O)OCCCCCCON(O)O)CC(OCc2cc(OC)c3ccccc3c2)C1c1ccc(OCCCOCc2ccccc2OC)cc1)OC(=O)OCCCCCCON(O)O. The molecule has 1 fully saturated rings. The summed E-state index contributed by atoms with van der Waals surface area (Å²) in [5, 5.41) is 36.2. The van der Waals surface area contributed by atoms with Crippen molar-refractivity contribution < 1.29 is 82.7 Å². The molecule has 20 heteroatoms. The van der Waals surface area contributed by atoms with Gasteiger partial charge >= 0.3 is 12.2 Å². The van der Waals surface area contributed by atoms with Crippen LogP contribution in [-0.2, 0) is 51.3 Å². The number of hydrogen-bond donors (Lipinski definition) is 4. The molecular formula is C52H73N3O17. The Labute approximate surface area is 421 Å². The van der Waals surface area contributed by atoms with Crippen molar-refractivity contribution in [1.29, 1.82) is 0 Å². The number of piperidine rings is 1. The molecule has 0 bridgehead atoms. The monoisotopic (exact) mass is 1010 g/mol. The van der Waals surface area contributed by atoms with E-state index in [0.717, 1.165) is 58.9 Å². The Morgan fingerprint density at radius 3 is 1.94 bits per heavy atom. The highest BCUT2D eigenvalue weighted by molar-refractivity contribution is 5.89. The molecular weight excluding hydrogens is 939 g/mol. The molecule has 5 rings (SSSR count). The molecule has 0 spiro atoms. The first kappa shape index (κ1) is 57.5. The van der Waals surface area contributed by atoms with Crippen LogP contribution in [0, 0.1) is 0 Å². The second kappa shape index (κ2) is 32.7. The van der Waals surface area contributed by atoms with E-state index in [-0.39, 0.29) is 63.5 Å². The van der Waals surface area contributed by atoms with Crippen LogP contribution in [0.5, 0.6) is 17.2 Å². The average molecular weight is 1010 g/mol. The second-order valence-electron chi connectivity index (χ2n) is 17.2. The lowest BCUT2D eigenvalue weighted by Gasteiger charge is -2.43. The third-order valence-corrected chi connectivity index (χ3v) is 12.0. The predicted octanol–water partition coefficient (Wildman–Crippen LogP) is 9.43. The zero-order valence-corrected chi connectivity index (χ0v) is 41.7. The molecule has 0 saturated carbocycles. The van der Waals surface area contributed by atoms with Crippen molar-refractivity contribution >= 4 is 23.0 Å². The molecule has 4 aromatic rings. The van der Waals surface area contributed by atoms with Gasteiger partial charge in [-0.2, -0.15) is 0 Å². The zero-order valence-electron chi connectivity index (χ0n) is 41.7. The van der Waals surface area contributed by atoms with Crippen LogP contribution in [0.4, 0.5) is 9.59 Å². The van der Waals surface area contributed by atoms with Crippen LogP contribution in [0.1, 0.15) is 93.7 Å². The molecule has 0 radical (unpaired) electrons. The van der Waals surface area contributed by atoms with Gasteiger partial charge in [0.1, 0.15) is 23.4 Å². The Kier molecular flexibility index (Phi) is 26.1. The van der Waals surface area contributed by atoms with E-state index < -0.39 is 36.5 Å². The largest absolute Gasteiger partial charge is 0.508 e. The third kappa shape index (κ3) is 20.3. The lowest BCUT2D eigenvalue weighted by molar-refractivity contribution is -0.492. The maximum absolute atomic E-state index is 13.9. The fourth-order valence-electron chi connectivity index (χ4n) is 8.25. The number of likely N-dealkylation sites (tertiary alicyclic amines) is 1. The van der Waals surface area contributed by atoms with Gasteiger partial charge in [-0.15, -0.1) is 0 Å². The highest BCUT2D eigenvalue weighted by atomic mass is 17.1. The predicted molar refractivity (Wildman–Crippen MR) is 260 cm³/mol. The van der Waals surface area contributed by atoms with Crippen LogP contribution in [0.15, 0.2) is 84.9 Å². The Bertz CT molecular complexity index is 2150. The van der Waals surface area contributed by atoms with E-state index in [0.29, 0.717) is 69.8 Å². The molecule has 1 aliphatic heterocycles. The van der Waals surface area contributed by atoms with Gasteiger partial charge in [0.05, 0.1) is 110 Å². The molecule has 1 saturated heterocycles. The number of fused-ring (bicyclic) bond motifs is 1. The molecule has 4 unspecified atom stereocenters. The summed E-state index contributed by atoms with van der Waals surface area (Å²) in [6, 6.07) is 27.5. The Hall–Kier alpha value is -5.36. The molecule has 72 heavy (non-hydrogen) atoms. The maximum atomic E-state index is 13.9. The van der Waals surface area contributed by atoms with Crippen LogP contribution in [0.2, 0.25) is 0 Å². The summed E-state index contributed by atoms with van der Waals surface area (Å²) < 4.78 is 53.6. The summed E-state index contributed by atoms with van der Waals surface area (Å²) in [4.78, 5) is 37.5. The molecule has 1 aliphatic rings. The van der Waals surface area contributed by atoms with Crippen molar-refractivity contribution in [2.75, 3.05) is 73.6 Å². The van der Waals surface area contributed by atoms with Gasteiger partial charge in [0.2, 0.25) is 0 Å². The minimum atomic E-state index is -0.822.